The van der Waals surface area contributed by atoms with E-state index >= 15 is 0 Å². The molecule has 1 fully saturated rings. The van der Waals surface area contributed by atoms with Crippen molar-refractivity contribution in [2.75, 3.05) is 13.2 Å². The lowest BCUT2D eigenvalue weighted by atomic mass is 9.99. The van der Waals surface area contributed by atoms with Gasteiger partial charge >= 0.3 is 0 Å². The van der Waals surface area contributed by atoms with Crippen molar-refractivity contribution in [1.82, 2.24) is 0 Å². The van der Waals surface area contributed by atoms with Crippen LogP contribution in [0.4, 0.5) is 0 Å². The molecule has 0 amide bonds. The van der Waals surface area contributed by atoms with E-state index in [1.165, 1.54) is 180 Å². The number of rotatable bonds is 40. The smallest absolute Gasteiger partial charge is 0.186 e. The number of aliphatic imine (C=N–C) groups is 1. The summed E-state index contributed by atoms with van der Waals surface area (Å²) in [5.41, 5.74) is 6.36. The minimum absolute atomic E-state index is 0.118. The zero-order valence-corrected chi connectivity index (χ0v) is 36.5. The van der Waals surface area contributed by atoms with Crippen LogP contribution in [0.25, 0.3) is 0 Å². The molecule has 0 aromatic rings. The SMILES string of the molecule is CCCCCCCCCCCCCC/C=C/C(O)C(COC1OC(CO)[C@@H](O)[C@H](O)C1O)N=C(N)CCCCCCCCCCCCCCCCCCCCC. The summed E-state index contributed by atoms with van der Waals surface area (Å²) in [6, 6.07) is -0.735. The van der Waals surface area contributed by atoms with Gasteiger partial charge in [0.25, 0.3) is 0 Å². The van der Waals surface area contributed by atoms with Crippen molar-refractivity contribution < 1.29 is 35.0 Å². The number of aliphatic hydroxyl groups is 5. The van der Waals surface area contributed by atoms with E-state index in [1.54, 1.807) is 6.08 Å². The third-order valence-electron chi connectivity index (χ3n) is 11.6. The first-order chi connectivity index (χ1) is 27.3. The molecule has 1 saturated heterocycles. The van der Waals surface area contributed by atoms with E-state index in [4.69, 9.17) is 15.2 Å². The van der Waals surface area contributed by atoms with Crippen LogP contribution in [0.2, 0.25) is 0 Å². The van der Waals surface area contributed by atoms with Gasteiger partial charge in [-0.25, -0.2) is 0 Å². The third kappa shape index (κ3) is 28.4. The fourth-order valence-corrected chi connectivity index (χ4v) is 7.74. The molecule has 0 aromatic heterocycles. The molecule has 1 rings (SSSR count). The molecular weight excluding hydrogens is 705 g/mol. The van der Waals surface area contributed by atoms with Gasteiger partial charge < -0.3 is 40.7 Å². The molecule has 0 radical (unpaired) electrons. The normalized spacial score (nSPS) is 21.6. The summed E-state index contributed by atoms with van der Waals surface area (Å²) < 4.78 is 11.3. The molecule has 1 aliphatic rings. The number of unbranched alkanes of at least 4 members (excludes halogenated alkanes) is 30. The summed E-state index contributed by atoms with van der Waals surface area (Å²) in [5, 5.41) is 51.4. The summed E-state index contributed by atoms with van der Waals surface area (Å²) in [4.78, 5) is 4.63. The highest BCUT2D eigenvalue weighted by atomic mass is 16.7. The van der Waals surface area contributed by atoms with Crippen molar-refractivity contribution in [3.05, 3.63) is 12.2 Å². The fourth-order valence-electron chi connectivity index (χ4n) is 7.74. The second-order valence-corrected chi connectivity index (χ2v) is 16.9. The van der Waals surface area contributed by atoms with Gasteiger partial charge in [0, 0.05) is 6.42 Å². The number of aliphatic hydroxyl groups excluding tert-OH is 5. The maximum Gasteiger partial charge on any atom is 0.186 e. The molecule has 1 aliphatic heterocycles. The standard InChI is InChI=1S/C47H92N2O7/c1-3-5-7-9-11-13-15-17-19-20-21-22-23-25-27-29-31-33-35-37-43(48)49-40(39-55-47-46(54)45(53)44(52)42(38-50)56-47)41(51)36-34-32-30-28-26-24-18-16-14-12-10-8-6-4-2/h34,36,40-42,44-47,50-54H,3-33,35,37-39H2,1-2H3,(H2,48,49)/b36-34+/t40?,41?,42?,44-,45+,46?,47?/m1/s1. The van der Waals surface area contributed by atoms with Gasteiger partial charge in [0.2, 0.25) is 0 Å². The van der Waals surface area contributed by atoms with Crippen molar-refractivity contribution in [2.45, 2.75) is 269 Å². The lowest BCUT2D eigenvalue weighted by molar-refractivity contribution is -0.302. The number of hydrogen-bond acceptors (Lipinski definition) is 8. The average Bonchev–Trinajstić information content (AvgIpc) is 3.20. The van der Waals surface area contributed by atoms with E-state index in [9.17, 15) is 25.5 Å². The molecule has 5 unspecified atom stereocenters. The molecule has 9 nitrogen and oxygen atoms in total. The number of nitrogens with two attached hydrogens (primary N) is 1. The molecule has 0 aliphatic carbocycles. The number of amidine groups is 1. The number of ether oxygens (including phenoxy) is 2. The van der Waals surface area contributed by atoms with Crippen LogP contribution in [0.5, 0.6) is 0 Å². The van der Waals surface area contributed by atoms with Crippen molar-refractivity contribution in [2.24, 2.45) is 10.7 Å². The van der Waals surface area contributed by atoms with Gasteiger partial charge in [-0.3, -0.25) is 4.99 Å². The maximum atomic E-state index is 11.1. The second kappa shape index (κ2) is 38.2. The largest absolute Gasteiger partial charge is 0.394 e. The molecule has 1 heterocycles. The summed E-state index contributed by atoms with van der Waals surface area (Å²) in [5.74, 6) is 0.452. The summed E-state index contributed by atoms with van der Waals surface area (Å²) in [6.07, 6.45) is 38.2. The topological polar surface area (TPSA) is 158 Å². The Labute approximate surface area is 344 Å². The highest BCUT2D eigenvalue weighted by Crippen LogP contribution is 2.23. The minimum Gasteiger partial charge on any atom is -0.394 e. The van der Waals surface area contributed by atoms with Crippen LogP contribution in [0.3, 0.4) is 0 Å². The van der Waals surface area contributed by atoms with Crippen molar-refractivity contribution in [3.63, 3.8) is 0 Å². The molecule has 332 valence electrons. The Morgan fingerprint density at radius 3 is 1.39 bits per heavy atom. The zero-order chi connectivity index (χ0) is 40.9. The quantitative estimate of drug-likeness (QED) is 0.0155. The van der Waals surface area contributed by atoms with Gasteiger partial charge in [0.15, 0.2) is 6.29 Å². The van der Waals surface area contributed by atoms with E-state index in [1.807, 2.05) is 6.08 Å². The molecule has 0 spiro atoms. The Hall–Kier alpha value is -1.07. The second-order valence-electron chi connectivity index (χ2n) is 16.9. The molecule has 0 saturated carbocycles. The summed E-state index contributed by atoms with van der Waals surface area (Å²) in [6.45, 7) is 3.88. The molecule has 56 heavy (non-hydrogen) atoms. The third-order valence-corrected chi connectivity index (χ3v) is 11.6. The van der Waals surface area contributed by atoms with E-state index in [0.717, 1.165) is 25.7 Å². The molecule has 7 atom stereocenters. The van der Waals surface area contributed by atoms with Gasteiger partial charge in [-0.2, -0.15) is 0 Å². The van der Waals surface area contributed by atoms with Crippen molar-refractivity contribution in [1.29, 1.82) is 0 Å². The summed E-state index contributed by atoms with van der Waals surface area (Å²) in [7, 11) is 0. The lowest BCUT2D eigenvalue weighted by Gasteiger charge is -2.39. The van der Waals surface area contributed by atoms with E-state index < -0.39 is 49.5 Å². The Morgan fingerprint density at radius 1 is 0.589 bits per heavy atom. The Balaban J connectivity index is 2.36. The minimum atomic E-state index is -1.53. The van der Waals surface area contributed by atoms with Gasteiger partial charge in [-0.05, 0) is 19.3 Å². The monoisotopic (exact) mass is 797 g/mol. The predicted molar refractivity (Wildman–Crippen MR) is 234 cm³/mol. The van der Waals surface area contributed by atoms with Crippen LogP contribution < -0.4 is 5.73 Å². The van der Waals surface area contributed by atoms with Crippen LogP contribution in [-0.4, -0.2) is 87.4 Å². The first-order valence-electron chi connectivity index (χ1n) is 23.9. The fraction of sp³-hybridized carbons (Fsp3) is 0.936. The van der Waals surface area contributed by atoms with Crippen LogP contribution in [0, 0.1) is 0 Å². The highest BCUT2D eigenvalue weighted by molar-refractivity contribution is 5.80. The van der Waals surface area contributed by atoms with Crippen LogP contribution >= 0.6 is 0 Å². The van der Waals surface area contributed by atoms with Gasteiger partial charge in [0.05, 0.1) is 25.2 Å². The molecule has 7 N–H and O–H groups in total. The first-order valence-corrected chi connectivity index (χ1v) is 23.9. The average molecular weight is 797 g/mol. The van der Waals surface area contributed by atoms with Gasteiger partial charge in [-0.15, -0.1) is 0 Å². The van der Waals surface area contributed by atoms with Crippen LogP contribution in [-0.2, 0) is 9.47 Å². The van der Waals surface area contributed by atoms with Crippen molar-refractivity contribution >= 4 is 5.84 Å². The summed E-state index contributed by atoms with van der Waals surface area (Å²) >= 11 is 0. The zero-order valence-electron chi connectivity index (χ0n) is 36.5. The molecule has 0 aromatic carbocycles. The number of allylic oxidation sites excluding steroid dienone is 1. The first kappa shape index (κ1) is 52.9. The van der Waals surface area contributed by atoms with E-state index in [0.29, 0.717) is 12.3 Å². The Kier molecular flexibility index (Phi) is 36.1. The highest BCUT2D eigenvalue weighted by Gasteiger charge is 2.44. The van der Waals surface area contributed by atoms with E-state index in [2.05, 4.69) is 18.8 Å². The lowest BCUT2D eigenvalue weighted by Crippen LogP contribution is -2.59. The molecule has 9 heteroatoms. The molecular formula is C47H92N2O7. The predicted octanol–water partition coefficient (Wildman–Crippen LogP) is 10.4. The van der Waals surface area contributed by atoms with Crippen molar-refractivity contribution in [3.8, 4) is 0 Å². The Bertz CT molecular complexity index is 904. The molecule has 0 bridgehead atoms. The van der Waals surface area contributed by atoms with Crippen LogP contribution in [0.15, 0.2) is 17.1 Å². The van der Waals surface area contributed by atoms with Crippen LogP contribution in [0.1, 0.15) is 226 Å². The van der Waals surface area contributed by atoms with Gasteiger partial charge in [-0.1, -0.05) is 212 Å². The Morgan fingerprint density at radius 2 is 0.982 bits per heavy atom. The number of hydrogen-bond donors (Lipinski definition) is 6. The maximum absolute atomic E-state index is 11.1. The number of nitrogens with zero attached hydrogens (tertiary/aromatic N) is 1. The van der Waals surface area contributed by atoms with Gasteiger partial charge in [0.1, 0.15) is 30.5 Å². The van der Waals surface area contributed by atoms with E-state index in [-0.39, 0.29) is 6.61 Å².